The van der Waals surface area contributed by atoms with Gasteiger partial charge in [0.1, 0.15) is 5.01 Å². The third kappa shape index (κ3) is 2.44. The maximum absolute atomic E-state index is 6.07. The Hall–Kier alpha value is -1.30. The number of aromatic nitrogens is 2. The van der Waals surface area contributed by atoms with Gasteiger partial charge in [0.15, 0.2) is 5.82 Å². The minimum absolute atomic E-state index is 0.261. The quantitative estimate of drug-likeness (QED) is 0.876. The molecule has 0 aliphatic heterocycles. The molecule has 1 atom stereocenters. The summed E-state index contributed by atoms with van der Waals surface area (Å²) in [6.45, 7) is 0.485. The van der Waals surface area contributed by atoms with Crippen molar-refractivity contribution in [3.63, 3.8) is 0 Å². The lowest BCUT2D eigenvalue weighted by molar-refractivity contribution is 0.184. The van der Waals surface area contributed by atoms with Crippen LogP contribution in [0.5, 0.6) is 0 Å². The van der Waals surface area contributed by atoms with Crippen LogP contribution >= 0.6 is 11.5 Å². The summed E-state index contributed by atoms with van der Waals surface area (Å²) in [7, 11) is 1.64. The number of nitrogens with two attached hydrogens (primary N) is 1. The van der Waals surface area contributed by atoms with Crippen LogP contribution in [0.3, 0.4) is 0 Å². The molecule has 2 N–H and O–H groups in total. The van der Waals surface area contributed by atoms with Crippen LogP contribution in [-0.2, 0) is 11.3 Å². The smallest absolute Gasteiger partial charge is 0.163 e. The number of ether oxygens (including phenoxy) is 1. The van der Waals surface area contributed by atoms with Crippen LogP contribution in [0.25, 0.3) is 0 Å². The van der Waals surface area contributed by atoms with Gasteiger partial charge in [-0.25, -0.2) is 4.98 Å². The summed E-state index contributed by atoms with van der Waals surface area (Å²) in [5.74, 6) is 0.656. The van der Waals surface area contributed by atoms with Gasteiger partial charge in [-0.05, 0) is 17.1 Å². The monoisotopic (exact) mass is 235 g/mol. The Balaban J connectivity index is 2.17. The fourth-order valence-corrected chi connectivity index (χ4v) is 2.04. The van der Waals surface area contributed by atoms with Crippen LogP contribution in [0.1, 0.15) is 22.4 Å². The van der Waals surface area contributed by atoms with Crippen LogP contribution in [0.15, 0.2) is 30.3 Å². The van der Waals surface area contributed by atoms with Gasteiger partial charge in [-0.15, -0.1) is 0 Å². The van der Waals surface area contributed by atoms with E-state index >= 15 is 0 Å². The molecule has 5 heteroatoms. The number of hydrogen-bond acceptors (Lipinski definition) is 5. The minimum Gasteiger partial charge on any atom is -0.377 e. The van der Waals surface area contributed by atoms with Crippen molar-refractivity contribution in [2.24, 2.45) is 5.73 Å². The Kier molecular flexibility index (Phi) is 3.61. The maximum atomic E-state index is 6.07. The fourth-order valence-electron chi connectivity index (χ4n) is 1.39. The first-order valence-electron chi connectivity index (χ1n) is 4.93. The van der Waals surface area contributed by atoms with Crippen molar-refractivity contribution < 1.29 is 4.74 Å². The largest absolute Gasteiger partial charge is 0.377 e. The van der Waals surface area contributed by atoms with Crippen LogP contribution in [0.4, 0.5) is 0 Å². The second kappa shape index (κ2) is 5.16. The van der Waals surface area contributed by atoms with Crippen molar-refractivity contribution in [3.8, 4) is 0 Å². The van der Waals surface area contributed by atoms with Gasteiger partial charge < -0.3 is 10.5 Å². The molecule has 0 spiro atoms. The molecule has 1 heterocycles. The zero-order valence-corrected chi connectivity index (χ0v) is 9.78. The topological polar surface area (TPSA) is 61.0 Å². The van der Waals surface area contributed by atoms with E-state index in [1.54, 1.807) is 7.11 Å². The highest BCUT2D eigenvalue weighted by Gasteiger charge is 2.14. The van der Waals surface area contributed by atoms with E-state index in [1.807, 2.05) is 30.3 Å². The number of rotatable bonds is 4. The fraction of sp³-hybridized carbons (Fsp3) is 0.273. The summed E-state index contributed by atoms with van der Waals surface area (Å²) < 4.78 is 9.23. The van der Waals surface area contributed by atoms with Gasteiger partial charge >= 0.3 is 0 Å². The molecule has 2 aromatic rings. The lowest BCUT2D eigenvalue weighted by Crippen LogP contribution is -2.13. The predicted molar refractivity (Wildman–Crippen MR) is 63.1 cm³/mol. The normalized spacial score (nSPS) is 12.6. The van der Waals surface area contributed by atoms with E-state index in [1.165, 1.54) is 11.5 Å². The molecule has 16 heavy (non-hydrogen) atoms. The van der Waals surface area contributed by atoms with Crippen LogP contribution in [0.2, 0.25) is 0 Å². The van der Waals surface area contributed by atoms with Gasteiger partial charge in [-0.3, -0.25) is 0 Å². The lowest BCUT2D eigenvalue weighted by Gasteiger charge is -2.06. The molecule has 0 fully saturated rings. The summed E-state index contributed by atoms with van der Waals surface area (Å²) >= 11 is 1.33. The van der Waals surface area contributed by atoms with Gasteiger partial charge in [-0.1, -0.05) is 30.3 Å². The Morgan fingerprint density at radius 3 is 2.81 bits per heavy atom. The molecule has 1 aromatic carbocycles. The number of benzene rings is 1. The lowest BCUT2D eigenvalue weighted by atomic mass is 10.1. The van der Waals surface area contributed by atoms with E-state index in [0.29, 0.717) is 12.4 Å². The number of nitrogens with zero attached hydrogens (tertiary/aromatic N) is 2. The van der Waals surface area contributed by atoms with Crippen LogP contribution in [0, 0.1) is 0 Å². The molecule has 0 amide bonds. The van der Waals surface area contributed by atoms with E-state index in [4.69, 9.17) is 10.5 Å². The third-order valence-electron chi connectivity index (χ3n) is 2.19. The zero-order chi connectivity index (χ0) is 11.4. The van der Waals surface area contributed by atoms with E-state index in [9.17, 15) is 0 Å². The van der Waals surface area contributed by atoms with Crippen molar-refractivity contribution in [2.45, 2.75) is 12.6 Å². The molecule has 0 bridgehead atoms. The summed E-state index contributed by atoms with van der Waals surface area (Å²) in [5.41, 5.74) is 7.08. The molecular formula is C11H13N3OS. The molecule has 0 radical (unpaired) electrons. The molecule has 0 aliphatic rings. The highest BCUT2D eigenvalue weighted by molar-refractivity contribution is 7.05. The van der Waals surface area contributed by atoms with E-state index in [-0.39, 0.29) is 6.04 Å². The average molecular weight is 235 g/mol. The Morgan fingerprint density at radius 1 is 1.38 bits per heavy atom. The predicted octanol–water partition coefficient (Wildman–Crippen LogP) is 1.73. The summed E-state index contributed by atoms with van der Waals surface area (Å²) in [6, 6.07) is 9.56. The third-order valence-corrected chi connectivity index (χ3v) is 2.89. The Labute approximate surface area is 98.3 Å². The van der Waals surface area contributed by atoms with Gasteiger partial charge in [0.25, 0.3) is 0 Å². The second-order valence-electron chi connectivity index (χ2n) is 3.37. The molecular weight excluding hydrogens is 222 g/mol. The van der Waals surface area contributed by atoms with Crippen LogP contribution in [-0.4, -0.2) is 16.5 Å². The molecule has 0 aliphatic carbocycles. The highest BCUT2D eigenvalue weighted by atomic mass is 32.1. The maximum Gasteiger partial charge on any atom is 0.163 e. The van der Waals surface area contributed by atoms with E-state index in [0.717, 1.165) is 10.6 Å². The minimum atomic E-state index is -0.261. The van der Waals surface area contributed by atoms with Crippen molar-refractivity contribution in [3.05, 3.63) is 46.7 Å². The number of hydrogen-bond donors (Lipinski definition) is 1. The van der Waals surface area contributed by atoms with Crippen LogP contribution < -0.4 is 5.73 Å². The first-order valence-corrected chi connectivity index (χ1v) is 5.70. The molecule has 0 saturated heterocycles. The molecule has 4 nitrogen and oxygen atoms in total. The second-order valence-corrected chi connectivity index (χ2v) is 4.20. The van der Waals surface area contributed by atoms with E-state index in [2.05, 4.69) is 9.36 Å². The van der Waals surface area contributed by atoms with Gasteiger partial charge in [0.2, 0.25) is 0 Å². The summed E-state index contributed by atoms with van der Waals surface area (Å²) in [4.78, 5) is 4.33. The molecule has 2 rings (SSSR count). The van der Waals surface area contributed by atoms with Gasteiger partial charge in [-0.2, -0.15) is 4.37 Å². The first-order chi connectivity index (χ1) is 7.81. The standard InChI is InChI=1S/C11H13N3OS/c1-15-7-9-13-11(14-16-9)10(12)8-5-3-2-4-6-8/h2-6,10H,7,12H2,1H3. The van der Waals surface area contributed by atoms with Gasteiger partial charge in [0, 0.05) is 7.11 Å². The van der Waals surface area contributed by atoms with Crippen molar-refractivity contribution in [2.75, 3.05) is 7.11 Å². The SMILES string of the molecule is COCc1nc(C(N)c2ccccc2)ns1. The summed E-state index contributed by atoms with van der Waals surface area (Å²) in [5, 5.41) is 0.851. The Morgan fingerprint density at radius 2 is 2.12 bits per heavy atom. The van der Waals surface area contributed by atoms with Crippen molar-refractivity contribution in [1.82, 2.24) is 9.36 Å². The number of methoxy groups -OCH3 is 1. The van der Waals surface area contributed by atoms with Crippen molar-refractivity contribution >= 4 is 11.5 Å². The molecule has 0 saturated carbocycles. The Bertz CT molecular complexity index is 444. The first kappa shape index (κ1) is 11.2. The average Bonchev–Trinajstić information content (AvgIpc) is 2.78. The zero-order valence-electron chi connectivity index (χ0n) is 8.96. The highest BCUT2D eigenvalue weighted by Crippen LogP contribution is 2.18. The molecule has 1 unspecified atom stereocenters. The molecule has 1 aromatic heterocycles. The summed E-state index contributed by atoms with van der Waals surface area (Å²) in [6.07, 6.45) is 0. The van der Waals surface area contributed by atoms with Gasteiger partial charge in [0.05, 0.1) is 12.6 Å². The van der Waals surface area contributed by atoms with Crippen molar-refractivity contribution in [1.29, 1.82) is 0 Å². The van der Waals surface area contributed by atoms with E-state index < -0.39 is 0 Å². The molecule has 84 valence electrons.